The summed E-state index contributed by atoms with van der Waals surface area (Å²) in [5.74, 6) is 0.757. The van der Waals surface area contributed by atoms with Crippen LogP contribution in [0.1, 0.15) is 30.0 Å². The molecular formula is C12H11ClO2. The van der Waals surface area contributed by atoms with Crippen LogP contribution in [0.5, 0.6) is 0 Å². The lowest BCUT2D eigenvalue weighted by molar-refractivity contribution is 0.101. The zero-order chi connectivity index (χ0) is 11.0. The lowest BCUT2D eigenvalue weighted by atomic mass is 10.1. The highest BCUT2D eigenvalue weighted by Gasteiger charge is 2.16. The van der Waals surface area contributed by atoms with Gasteiger partial charge in [0.1, 0.15) is 11.3 Å². The fourth-order valence-corrected chi connectivity index (χ4v) is 1.93. The van der Waals surface area contributed by atoms with E-state index in [1.54, 1.807) is 25.1 Å². The Labute approximate surface area is 92.8 Å². The lowest BCUT2D eigenvalue weighted by Gasteiger charge is -1.94. The van der Waals surface area contributed by atoms with Crippen molar-refractivity contribution in [2.45, 2.75) is 20.3 Å². The van der Waals surface area contributed by atoms with Crippen LogP contribution in [-0.2, 0) is 6.42 Å². The molecule has 0 fully saturated rings. The lowest BCUT2D eigenvalue weighted by Crippen LogP contribution is -1.94. The van der Waals surface area contributed by atoms with Gasteiger partial charge in [-0.2, -0.15) is 0 Å². The predicted octanol–water partition coefficient (Wildman–Crippen LogP) is 3.85. The molecule has 0 unspecified atom stereocenters. The number of halogens is 1. The van der Waals surface area contributed by atoms with Crippen molar-refractivity contribution in [2.24, 2.45) is 0 Å². The fourth-order valence-electron chi connectivity index (χ4n) is 1.76. The Kier molecular flexibility index (Phi) is 2.53. The molecule has 2 aromatic rings. The van der Waals surface area contributed by atoms with E-state index in [1.807, 2.05) is 6.92 Å². The first kappa shape index (κ1) is 10.2. The molecule has 2 rings (SSSR count). The molecule has 0 N–H and O–H groups in total. The minimum atomic E-state index is 0.0212. The molecule has 0 aliphatic carbocycles. The first-order valence-corrected chi connectivity index (χ1v) is 5.23. The number of rotatable bonds is 2. The molecule has 1 aromatic heterocycles. The van der Waals surface area contributed by atoms with Gasteiger partial charge in [0.15, 0.2) is 5.78 Å². The fraction of sp³-hybridized carbons (Fsp3) is 0.250. The van der Waals surface area contributed by atoms with E-state index >= 15 is 0 Å². The van der Waals surface area contributed by atoms with Gasteiger partial charge >= 0.3 is 0 Å². The van der Waals surface area contributed by atoms with E-state index in [9.17, 15) is 4.79 Å². The van der Waals surface area contributed by atoms with E-state index in [0.29, 0.717) is 17.0 Å². The third kappa shape index (κ3) is 1.65. The Morgan fingerprint density at radius 1 is 1.47 bits per heavy atom. The van der Waals surface area contributed by atoms with E-state index in [1.165, 1.54) is 0 Å². The Balaban J connectivity index is 2.82. The van der Waals surface area contributed by atoms with Gasteiger partial charge in [-0.1, -0.05) is 18.5 Å². The predicted molar refractivity (Wildman–Crippen MR) is 60.6 cm³/mol. The van der Waals surface area contributed by atoms with Gasteiger partial charge in [0.25, 0.3) is 0 Å². The molecule has 0 radical (unpaired) electrons. The summed E-state index contributed by atoms with van der Waals surface area (Å²) in [6.45, 7) is 3.51. The third-order valence-corrected chi connectivity index (χ3v) is 2.63. The van der Waals surface area contributed by atoms with Crippen molar-refractivity contribution < 1.29 is 9.21 Å². The summed E-state index contributed by atoms with van der Waals surface area (Å²) in [5, 5.41) is 1.43. The zero-order valence-electron chi connectivity index (χ0n) is 8.63. The van der Waals surface area contributed by atoms with Crippen LogP contribution in [-0.4, -0.2) is 5.78 Å². The number of Topliss-reactive ketones (excluding diaryl/α,β-unsaturated/α-hetero) is 1. The van der Waals surface area contributed by atoms with Crippen molar-refractivity contribution in [3.63, 3.8) is 0 Å². The van der Waals surface area contributed by atoms with Gasteiger partial charge in [-0.25, -0.2) is 0 Å². The highest BCUT2D eigenvalue weighted by atomic mass is 35.5. The summed E-state index contributed by atoms with van der Waals surface area (Å²) in [6, 6.07) is 5.33. The Morgan fingerprint density at radius 3 is 2.80 bits per heavy atom. The maximum atomic E-state index is 11.5. The molecule has 0 saturated heterocycles. The number of carbonyl (C=O) groups is 1. The van der Waals surface area contributed by atoms with Gasteiger partial charge in [-0.15, -0.1) is 0 Å². The summed E-state index contributed by atoms with van der Waals surface area (Å²) in [6.07, 6.45) is 0.710. The molecule has 0 atom stereocenters. The first-order valence-electron chi connectivity index (χ1n) is 4.85. The Hall–Kier alpha value is -1.28. The van der Waals surface area contributed by atoms with Gasteiger partial charge in [0, 0.05) is 16.8 Å². The monoisotopic (exact) mass is 222 g/mol. The largest absolute Gasteiger partial charge is 0.460 e. The van der Waals surface area contributed by atoms with Gasteiger partial charge < -0.3 is 4.42 Å². The standard InChI is InChI=1S/C12H11ClO2/c1-3-10-12(7(2)14)9-6-8(13)4-5-11(9)15-10/h4-6H,3H2,1-2H3. The number of hydrogen-bond acceptors (Lipinski definition) is 2. The first-order chi connectivity index (χ1) is 7.13. The van der Waals surface area contributed by atoms with Crippen LogP contribution < -0.4 is 0 Å². The second-order valence-corrected chi connectivity index (χ2v) is 3.89. The molecule has 0 aliphatic rings. The van der Waals surface area contributed by atoms with Crippen LogP contribution in [0, 0.1) is 0 Å². The van der Waals surface area contributed by atoms with Crippen molar-refractivity contribution in [3.8, 4) is 0 Å². The van der Waals surface area contributed by atoms with Crippen LogP contribution in [0.15, 0.2) is 22.6 Å². The van der Waals surface area contributed by atoms with Crippen LogP contribution in [0.3, 0.4) is 0 Å². The summed E-state index contributed by atoms with van der Waals surface area (Å²) in [4.78, 5) is 11.5. The summed E-state index contributed by atoms with van der Waals surface area (Å²) in [5.41, 5.74) is 1.39. The summed E-state index contributed by atoms with van der Waals surface area (Å²) < 4.78 is 5.59. The molecular weight excluding hydrogens is 212 g/mol. The van der Waals surface area contributed by atoms with E-state index < -0.39 is 0 Å². The molecule has 0 spiro atoms. The molecule has 0 saturated carbocycles. The van der Waals surface area contributed by atoms with E-state index in [4.69, 9.17) is 16.0 Å². The number of aryl methyl sites for hydroxylation is 1. The van der Waals surface area contributed by atoms with Gasteiger partial charge in [0.2, 0.25) is 0 Å². The molecule has 15 heavy (non-hydrogen) atoms. The van der Waals surface area contributed by atoms with Crippen molar-refractivity contribution in [1.82, 2.24) is 0 Å². The molecule has 1 aromatic carbocycles. The number of furan rings is 1. The van der Waals surface area contributed by atoms with Gasteiger partial charge in [0.05, 0.1) is 5.56 Å². The van der Waals surface area contributed by atoms with Gasteiger partial charge in [-0.05, 0) is 25.1 Å². The van der Waals surface area contributed by atoms with Crippen molar-refractivity contribution in [3.05, 3.63) is 34.5 Å². The molecule has 1 heterocycles. The maximum absolute atomic E-state index is 11.5. The minimum Gasteiger partial charge on any atom is -0.460 e. The smallest absolute Gasteiger partial charge is 0.163 e. The number of benzene rings is 1. The summed E-state index contributed by atoms with van der Waals surface area (Å²) >= 11 is 5.89. The second-order valence-electron chi connectivity index (χ2n) is 3.45. The van der Waals surface area contributed by atoms with E-state index in [-0.39, 0.29) is 5.78 Å². The average Bonchev–Trinajstić information content (AvgIpc) is 2.55. The number of ketones is 1. The topological polar surface area (TPSA) is 30.2 Å². The zero-order valence-corrected chi connectivity index (χ0v) is 9.39. The Morgan fingerprint density at radius 2 is 2.20 bits per heavy atom. The van der Waals surface area contributed by atoms with E-state index in [2.05, 4.69) is 0 Å². The molecule has 2 nitrogen and oxygen atoms in total. The van der Waals surface area contributed by atoms with Crippen molar-refractivity contribution >= 4 is 28.4 Å². The molecule has 0 aliphatic heterocycles. The quantitative estimate of drug-likeness (QED) is 0.723. The third-order valence-electron chi connectivity index (χ3n) is 2.40. The SMILES string of the molecule is CCc1oc2ccc(Cl)cc2c1C(C)=O. The molecule has 3 heteroatoms. The maximum Gasteiger partial charge on any atom is 0.163 e. The van der Waals surface area contributed by atoms with Crippen LogP contribution in [0.4, 0.5) is 0 Å². The molecule has 78 valence electrons. The number of carbonyl (C=O) groups excluding carboxylic acids is 1. The second kappa shape index (κ2) is 3.70. The van der Waals surface area contributed by atoms with Crippen molar-refractivity contribution in [2.75, 3.05) is 0 Å². The number of fused-ring (bicyclic) bond motifs is 1. The summed E-state index contributed by atoms with van der Waals surface area (Å²) in [7, 11) is 0. The van der Waals surface area contributed by atoms with Crippen LogP contribution >= 0.6 is 11.6 Å². The molecule has 0 bridgehead atoms. The van der Waals surface area contributed by atoms with Gasteiger partial charge in [-0.3, -0.25) is 4.79 Å². The van der Waals surface area contributed by atoms with Crippen molar-refractivity contribution in [1.29, 1.82) is 0 Å². The minimum absolute atomic E-state index is 0.0212. The highest BCUT2D eigenvalue weighted by Crippen LogP contribution is 2.29. The van der Waals surface area contributed by atoms with E-state index in [0.717, 1.165) is 16.7 Å². The highest BCUT2D eigenvalue weighted by molar-refractivity contribution is 6.31. The molecule has 0 amide bonds. The normalized spacial score (nSPS) is 10.9. The average molecular weight is 223 g/mol. The Bertz CT molecular complexity index is 526. The van der Waals surface area contributed by atoms with Crippen LogP contribution in [0.2, 0.25) is 5.02 Å². The van der Waals surface area contributed by atoms with Crippen LogP contribution in [0.25, 0.3) is 11.0 Å². The number of hydrogen-bond donors (Lipinski definition) is 0.